The van der Waals surface area contributed by atoms with Gasteiger partial charge >= 0.3 is 0 Å². The molecule has 1 rings (SSSR count). The maximum absolute atomic E-state index is 11.5. The summed E-state index contributed by atoms with van der Waals surface area (Å²) in [6.45, 7) is 5.13. The molecule has 0 heterocycles. The van der Waals surface area contributed by atoms with Gasteiger partial charge in [0.05, 0.1) is 0 Å². The van der Waals surface area contributed by atoms with Crippen LogP contribution in [0.4, 0.5) is 0 Å². The Morgan fingerprint density at radius 2 is 1.84 bits per heavy atom. The number of carbonyl (C=O) groups excluding carboxylic acids is 1. The first-order valence-electron chi connectivity index (χ1n) is 7.24. The number of aryl methyl sites for hydroxylation is 1. The zero-order valence-electron chi connectivity index (χ0n) is 12.1. The van der Waals surface area contributed by atoms with E-state index in [1.54, 1.807) is 0 Å². The molecule has 0 aliphatic carbocycles. The monoisotopic (exact) mass is 263 g/mol. The minimum absolute atomic E-state index is 0.0453. The average molecular weight is 263 g/mol. The highest BCUT2D eigenvalue weighted by molar-refractivity contribution is 5.77. The lowest BCUT2D eigenvalue weighted by atomic mass is 10.2. The predicted octanol–water partition coefficient (Wildman–Crippen LogP) is 3.32. The first kappa shape index (κ1) is 15.5. The van der Waals surface area contributed by atoms with Crippen LogP contribution in [0.15, 0.2) is 24.3 Å². The molecule has 0 bridgehead atoms. The lowest BCUT2D eigenvalue weighted by molar-refractivity contribution is -0.123. The van der Waals surface area contributed by atoms with Crippen LogP contribution in [0.2, 0.25) is 0 Å². The number of benzene rings is 1. The first-order valence-corrected chi connectivity index (χ1v) is 7.24. The van der Waals surface area contributed by atoms with E-state index in [1.165, 1.54) is 24.8 Å². The van der Waals surface area contributed by atoms with E-state index in [0.29, 0.717) is 0 Å². The molecule has 0 spiro atoms. The van der Waals surface area contributed by atoms with Gasteiger partial charge in [-0.25, -0.2) is 0 Å². The molecular formula is C16H25NO2. The van der Waals surface area contributed by atoms with Gasteiger partial charge < -0.3 is 10.1 Å². The lowest BCUT2D eigenvalue weighted by Crippen LogP contribution is -2.29. The Labute approximate surface area is 116 Å². The Morgan fingerprint density at radius 1 is 1.11 bits per heavy atom. The molecule has 3 heteroatoms. The van der Waals surface area contributed by atoms with Crippen LogP contribution in [0.25, 0.3) is 0 Å². The fourth-order valence-electron chi connectivity index (χ4n) is 1.80. The van der Waals surface area contributed by atoms with Crippen LogP contribution in [0.5, 0.6) is 5.75 Å². The molecule has 0 unspecified atom stereocenters. The molecule has 0 atom stereocenters. The summed E-state index contributed by atoms with van der Waals surface area (Å²) in [5.74, 6) is 0.703. The van der Waals surface area contributed by atoms with E-state index in [1.807, 2.05) is 24.3 Å². The van der Waals surface area contributed by atoms with Gasteiger partial charge in [-0.15, -0.1) is 0 Å². The van der Waals surface area contributed by atoms with Gasteiger partial charge in [0.15, 0.2) is 6.61 Å². The van der Waals surface area contributed by atoms with Crippen molar-refractivity contribution < 1.29 is 9.53 Å². The number of hydrogen-bond donors (Lipinski definition) is 1. The van der Waals surface area contributed by atoms with Crippen LogP contribution in [0.1, 0.15) is 45.1 Å². The third kappa shape index (κ3) is 6.85. The van der Waals surface area contributed by atoms with Crippen LogP contribution in [-0.4, -0.2) is 19.1 Å². The van der Waals surface area contributed by atoms with Crippen molar-refractivity contribution in [3.8, 4) is 5.75 Å². The van der Waals surface area contributed by atoms with E-state index >= 15 is 0 Å². The smallest absolute Gasteiger partial charge is 0.257 e. The summed E-state index contributed by atoms with van der Waals surface area (Å²) in [4.78, 5) is 11.5. The highest BCUT2D eigenvalue weighted by Gasteiger charge is 2.02. The molecule has 1 amide bonds. The van der Waals surface area contributed by atoms with E-state index in [2.05, 4.69) is 19.2 Å². The molecule has 19 heavy (non-hydrogen) atoms. The van der Waals surface area contributed by atoms with E-state index < -0.39 is 0 Å². The van der Waals surface area contributed by atoms with Gasteiger partial charge in [-0.05, 0) is 30.5 Å². The van der Waals surface area contributed by atoms with Crippen LogP contribution in [-0.2, 0) is 11.2 Å². The van der Waals surface area contributed by atoms with E-state index in [9.17, 15) is 4.79 Å². The number of ether oxygens (including phenoxy) is 1. The molecule has 0 radical (unpaired) electrons. The van der Waals surface area contributed by atoms with Gasteiger partial charge in [-0.2, -0.15) is 0 Å². The molecule has 1 aromatic rings. The highest BCUT2D eigenvalue weighted by Crippen LogP contribution is 2.12. The molecule has 0 aromatic heterocycles. The molecule has 1 N–H and O–H groups in total. The van der Waals surface area contributed by atoms with Crippen LogP contribution in [0, 0.1) is 0 Å². The number of unbranched alkanes of at least 4 members (excludes halogenated alkanes) is 3. The van der Waals surface area contributed by atoms with Crippen molar-refractivity contribution in [2.75, 3.05) is 13.2 Å². The van der Waals surface area contributed by atoms with Crippen molar-refractivity contribution in [1.29, 1.82) is 0 Å². The summed E-state index contributed by atoms with van der Waals surface area (Å²) in [6.07, 6.45) is 5.68. The fourth-order valence-corrected chi connectivity index (χ4v) is 1.80. The second kappa shape index (κ2) is 9.42. The maximum atomic E-state index is 11.5. The highest BCUT2D eigenvalue weighted by atomic mass is 16.5. The van der Waals surface area contributed by atoms with Crippen molar-refractivity contribution in [3.63, 3.8) is 0 Å². The predicted molar refractivity (Wildman–Crippen MR) is 78.5 cm³/mol. The summed E-state index contributed by atoms with van der Waals surface area (Å²) < 4.78 is 5.43. The molecule has 0 saturated carbocycles. The molecule has 3 nitrogen and oxygen atoms in total. The summed E-state index contributed by atoms with van der Waals surface area (Å²) >= 11 is 0. The number of nitrogens with one attached hydrogen (secondary N) is 1. The molecule has 0 fully saturated rings. The molecule has 1 aromatic carbocycles. The van der Waals surface area contributed by atoms with Crippen molar-refractivity contribution >= 4 is 5.91 Å². The van der Waals surface area contributed by atoms with Crippen molar-refractivity contribution in [1.82, 2.24) is 5.32 Å². The normalized spacial score (nSPS) is 10.2. The quantitative estimate of drug-likeness (QED) is 0.694. The average Bonchev–Trinajstić information content (AvgIpc) is 2.45. The fraction of sp³-hybridized carbons (Fsp3) is 0.562. The number of hydrogen-bond acceptors (Lipinski definition) is 2. The molecule has 106 valence electrons. The molecular weight excluding hydrogens is 238 g/mol. The van der Waals surface area contributed by atoms with Crippen molar-refractivity contribution in [2.45, 2.75) is 46.0 Å². The largest absolute Gasteiger partial charge is 0.484 e. The Kier molecular flexibility index (Phi) is 7.71. The summed E-state index contributed by atoms with van der Waals surface area (Å²) in [5.41, 5.74) is 1.27. The Hall–Kier alpha value is -1.51. The van der Waals surface area contributed by atoms with Crippen LogP contribution < -0.4 is 10.1 Å². The standard InChI is InChI=1S/C16H25NO2/c1-3-5-6-7-12-17-16(18)13-19-15-10-8-14(4-2)9-11-15/h8-11H,3-7,12-13H2,1-2H3,(H,17,18). The SMILES string of the molecule is CCCCCCNC(=O)COc1ccc(CC)cc1. The summed E-state index contributed by atoms with van der Waals surface area (Å²) in [5, 5.41) is 2.87. The van der Waals surface area contributed by atoms with Gasteiger partial charge in [0.1, 0.15) is 5.75 Å². The third-order valence-corrected chi connectivity index (χ3v) is 3.05. The van der Waals surface area contributed by atoms with Crippen molar-refractivity contribution in [3.05, 3.63) is 29.8 Å². The van der Waals surface area contributed by atoms with E-state index in [-0.39, 0.29) is 12.5 Å². The summed E-state index contributed by atoms with van der Waals surface area (Å²) in [6, 6.07) is 7.87. The first-order chi connectivity index (χ1) is 9.26. The molecule has 0 aliphatic heterocycles. The minimum Gasteiger partial charge on any atom is -0.484 e. The van der Waals surface area contributed by atoms with Gasteiger partial charge in [0.2, 0.25) is 0 Å². The molecule has 0 aliphatic rings. The topological polar surface area (TPSA) is 38.3 Å². The lowest BCUT2D eigenvalue weighted by Gasteiger charge is -2.07. The number of rotatable bonds is 9. The van der Waals surface area contributed by atoms with E-state index in [4.69, 9.17) is 4.74 Å². The van der Waals surface area contributed by atoms with E-state index in [0.717, 1.165) is 25.1 Å². The Balaban J connectivity index is 2.15. The third-order valence-electron chi connectivity index (χ3n) is 3.05. The maximum Gasteiger partial charge on any atom is 0.257 e. The zero-order valence-corrected chi connectivity index (χ0v) is 12.1. The van der Waals surface area contributed by atoms with Gasteiger partial charge in [-0.3, -0.25) is 4.79 Å². The Morgan fingerprint density at radius 3 is 2.47 bits per heavy atom. The van der Waals surface area contributed by atoms with Gasteiger partial charge in [0.25, 0.3) is 5.91 Å². The number of amides is 1. The molecule has 0 saturated heterocycles. The van der Waals surface area contributed by atoms with Gasteiger partial charge in [-0.1, -0.05) is 45.2 Å². The second-order valence-corrected chi connectivity index (χ2v) is 4.70. The summed E-state index contributed by atoms with van der Waals surface area (Å²) in [7, 11) is 0. The Bertz CT molecular complexity index is 360. The minimum atomic E-state index is -0.0453. The zero-order chi connectivity index (χ0) is 13.9. The second-order valence-electron chi connectivity index (χ2n) is 4.70. The number of carbonyl (C=O) groups is 1. The van der Waals surface area contributed by atoms with Crippen LogP contribution in [0.3, 0.4) is 0 Å². The van der Waals surface area contributed by atoms with Gasteiger partial charge in [0, 0.05) is 6.54 Å². The van der Waals surface area contributed by atoms with Crippen LogP contribution >= 0.6 is 0 Å². The van der Waals surface area contributed by atoms with Crippen molar-refractivity contribution in [2.24, 2.45) is 0 Å².